The maximum Gasteiger partial charge on any atom is 0.340 e. The van der Waals surface area contributed by atoms with Gasteiger partial charge in [-0.05, 0) is 46.2 Å². The van der Waals surface area contributed by atoms with Crippen LogP contribution in [0.3, 0.4) is 0 Å². The molecule has 3 rings (SSSR count). The molecule has 6 nitrogen and oxygen atoms in total. The second kappa shape index (κ2) is 10.6. The van der Waals surface area contributed by atoms with Crippen molar-refractivity contribution in [3.63, 3.8) is 0 Å². The van der Waals surface area contributed by atoms with Crippen LogP contribution >= 0.6 is 22.6 Å². The summed E-state index contributed by atoms with van der Waals surface area (Å²) < 4.78 is 11.0. The van der Waals surface area contributed by atoms with Gasteiger partial charge in [-0.2, -0.15) is 10.5 Å². The molecule has 7 heteroatoms. The van der Waals surface area contributed by atoms with Crippen molar-refractivity contribution in [3.05, 3.63) is 103 Å². The number of halogens is 1. The van der Waals surface area contributed by atoms with Crippen molar-refractivity contribution in [2.75, 3.05) is 0 Å². The topological polar surface area (TPSA) is 100 Å². The largest absolute Gasteiger partial charge is 0.457 e. The van der Waals surface area contributed by atoms with Gasteiger partial charge in [0.25, 0.3) is 0 Å². The average Bonchev–Trinajstić information content (AvgIpc) is 2.82. The predicted molar refractivity (Wildman–Crippen MR) is 124 cm³/mol. The highest BCUT2D eigenvalue weighted by molar-refractivity contribution is 14.1. The van der Waals surface area contributed by atoms with Crippen molar-refractivity contribution < 1.29 is 19.1 Å². The molecule has 0 fully saturated rings. The van der Waals surface area contributed by atoms with Gasteiger partial charge >= 0.3 is 11.9 Å². The highest BCUT2D eigenvalue weighted by Gasteiger charge is 2.29. The van der Waals surface area contributed by atoms with Gasteiger partial charge in [0, 0.05) is 3.57 Å². The number of ether oxygens (including phenoxy) is 2. The Morgan fingerprint density at radius 1 is 0.781 bits per heavy atom. The summed E-state index contributed by atoms with van der Waals surface area (Å²) in [4.78, 5) is 25.8. The molecule has 32 heavy (non-hydrogen) atoms. The molecule has 0 unspecified atom stereocenters. The summed E-state index contributed by atoms with van der Waals surface area (Å²) in [7, 11) is 0. The Morgan fingerprint density at radius 3 is 1.66 bits per heavy atom. The van der Waals surface area contributed by atoms with Gasteiger partial charge in [0.05, 0.1) is 22.3 Å². The molecule has 0 aliphatic rings. The van der Waals surface area contributed by atoms with Crippen molar-refractivity contribution in [1.29, 1.82) is 10.5 Å². The molecule has 0 saturated carbocycles. The zero-order valence-electron chi connectivity index (χ0n) is 17.1. The van der Waals surface area contributed by atoms with E-state index in [1.165, 1.54) is 0 Å². The lowest BCUT2D eigenvalue weighted by atomic mass is 9.93. The van der Waals surface area contributed by atoms with Crippen molar-refractivity contribution in [3.8, 4) is 12.1 Å². The van der Waals surface area contributed by atoms with Gasteiger partial charge in [0.2, 0.25) is 0 Å². The van der Waals surface area contributed by atoms with E-state index in [1.807, 2.05) is 83.3 Å². The Balaban J connectivity index is 1.97. The van der Waals surface area contributed by atoms with E-state index in [1.54, 1.807) is 19.1 Å². The normalized spacial score (nSPS) is 10.0. The van der Waals surface area contributed by atoms with Gasteiger partial charge < -0.3 is 9.47 Å². The third-order valence-corrected chi connectivity index (χ3v) is 5.83. The highest BCUT2D eigenvalue weighted by Crippen LogP contribution is 2.30. The smallest absolute Gasteiger partial charge is 0.340 e. The van der Waals surface area contributed by atoms with Gasteiger partial charge in [-0.1, -0.05) is 60.7 Å². The van der Waals surface area contributed by atoms with E-state index < -0.39 is 11.9 Å². The number of nitriles is 2. The Morgan fingerprint density at radius 2 is 1.22 bits per heavy atom. The molecular weight excluding hydrogens is 519 g/mol. The summed E-state index contributed by atoms with van der Waals surface area (Å²) in [5, 5.41) is 19.3. The van der Waals surface area contributed by atoms with Crippen LogP contribution in [-0.4, -0.2) is 11.9 Å². The maximum absolute atomic E-state index is 12.9. The molecule has 0 amide bonds. The Labute approximate surface area is 199 Å². The van der Waals surface area contributed by atoms with Gasteiger partial charge in [-0.15, -0.1) is 0 Å². The molecule has 0 aromatic heterocycles. The third-order valence-electron chi connectivity index (χ3n) is 4.75. The summed E-state index contributed by atoms with van der Waals surface area (Å²) in [5.74, 6) is -1.47. The van der Waals surface area contributed by atoms with Crippen LogP contribution in [0.5, 0.6) is 0 Å². The van der Waals surface area contributed by atoms with E-state index in [0.717, 1.165) is 11.1 Å². The number of carbonyl (C=O) groups excluding carboxylic acids is 2. The molecule has 0 aliphatic carbocycles. The number of benzene rings is 3. The van der Waals surface area contributed by atoms with Crippen LogP contribution in [0.15, 0.2) is 60.7 Å². The summed E-state index contributed by atoms with van der Waals surface area (Å²) in [5.41, 5.74) is 1.64. The molecule has 3 aromatic carbocycles. The van der Waals surface area contributed by atoms with Crippen LogP contribution in [0.4, 0.5) is 0 Å². The Bertz CT molecular complexity index is 1240. The van der Waals surface area contributed by atoms with Gasteiger partial charge in [-0.3, -0.25) is 0 Å². The Hall–Kier alpha value is -3.69. The summed E-state index contributed by atoms with van der Waals surface area (Å²) in [6, 6.07) is 22.1. The Kier molecular flexibility index (Phi) is 7.58. The standard InChI is InChI=1S/C25H17IN2O4/c1-16-19(12-27)20(13-28)22(25(30)32-15-18-10-6-3-7-11-18)23(26)21(16)24(29)31-14-17-8-4-2-5-9-17/h2-11H,14-15H2,1H3. The minimum Gasteiger partial charge on any atom is -0.457 e. The van der Waals surface area contributed by atoms with Crippen LogP contribution in [0.2, 0.25) is 0 Å². The third kappa shape index (κ3) is 4.96. The monoisotopic (exact) mass is 536 g/mol. The zero-order valence-corrected chi connectivity index (χ0v) is 19.3. The lowest BCUT2D eigenvalue weighted by Crippen LogP contribution is -2.18. The molecule has 0 atom stereocenters. The molecule has 0 heterocycles. The molecule has 0 bridgehead atoms. The first-order chi connectivity index (χ1) is 15.5. The molecule has 0 radical (unpaired) electrons. The minimum absolute atomic E-state index is 0.00975. The quantitative estimate of drug-likeness (QED) is 0.323. The molecule has 0 aliphatic heterocycles. The van der Waals surface area contributed by atoms with Crippen molar-refractivity contribution >= 4 is 34.5 Å². The van der Waals surface area contributed by atoms with E-state index in [-0.39, 0.29) is 44.6 Å². The summed E-state index contributed by atoms with van der Waals surface area (Å²) in [6.07, 6.45) is 0. The summed E-state index contributed by atoms with van der Waals surface area (Å²) >= 11 is 1.83. The number of esters is 2. The SMILES string of the molecule is Cc1c(C#N)c(C#N)c(C(=O)OCc2ccccc2)c(I)c1C(=O)OCc1ccccc1. The van der Waals surface area contributed by atoms with E-state index in [2.05, 4.69) is 0 Å². The fourth-order valence-electron chi connectivity index (χ4n) is 3.11. The number of hydrogen-bond donors (Lipinski definition) is 0. The number of carbonyl (C=O) groups is 2. The van der Waals surface area contributed by atoms with Crippen LogP contribution in [-0.2, 0) is 22.7 Å². The van der Waals surface area contributed by atoms with E-state index >= 15 is 0 Å². The second-order valence-electron chi connectivity index (χ2n) is 6.79. The predicted octanol–water partition coefficient (Wildman–Crippen LogP) is 5.06. The second-order valence-corrected chi connectivity index (χ2v) is 7.86. The fourth-order valence-corrected chi connectivity index (χ4v) is 4.23. The lowest BCUT2D eigenvalue weighted by molar-refractivity contribution is 0.0467. The van der Waals surface area contributed by atoms with Crippen molar-refractivity contribution in [2.24, 2.45) is 0 Å². The molecule has 0 spiro atoms. The zero-order chi connectivity index (χ0) is 23.1. The van der Waals surface area contributed by atoms with Crippen LogP contribution < -0.4 is 0 Å². The molecule has 0 N–H and O–H groups in total. The first-order valence-electron chi connectivity index (χ1n) is 9.56. The van der Waals surface area contributed by atoms with E-state index in [0.29, 0.717) is 0 Å². The number of nitrogens with zero attached hydrogens (tertiary/aromatic N) is 2. The average molecular weight is 536 g/mol. The van der Waals surface area contributed by atoms with E-state index in [4.69, 9.17) is 9.47 Å². The maximum atomic E-state index is 12.9. The van der Waals surface area contributed by atoms with Gasteiger partial charge in [0.1, 0.15) is 25.4 Å². The first kappa shape index (κ1) is 23.0. The highest BCUT2D eigenvalue weighted by atomic mass is 127. The van der Waals surface area contributed by atoms with Gasteiger partial charge in [-0.25, -0.2) is 9.59 Å². The van der Waals surface area contributed by atoms with Crippen LogP contribution in [0.25, 0.3) is 0 Å². The van der Waals surface area contributed by atoms with E-state index in [9.17, 15) is 20.1 Å². The molecule has 0 saturated heterocycles. The fraction of sp³-hybridized carbons (Fsp3) is 0.120. The molecular formula is C25H17IN2O4. The van der Waals surface area contributed by atoms with Crippen LogP contribution in [0.1, 0.15) is 48.5 Å². The molecule has 158 valence electrons. The minimum atomic E-state index is -0.789. The lowest BCUT2D eigenvalue weighted by Gasteiger charge is -2.16. The molecule has 3 aromatic rings. The van der Waals surface area contributed by atoms with Gasteiger partial charge in [0.15, 0.2) is 0 Å². The first-order valence-corrected chi connectivity index (χ1v) is 10.6. The summed E-state index contributed by atoms with van der Waals surface area (Å²) in [6.45, 7) is 1.58. The van der Waals surface area contributed by atoms with Crippen molar-refractivity contribution in [1.82, 2.24) is 0 Å². The number of rotatable bonds is 6. The van der Waals surface area contributed by atoms with Crippen molar-refractivity contribution in [2.45, 2.75) is 20.1 Å². The van der Waals surface area contributed by atoms with Crippen LogP contribution in [0, 0.1) is 33.2 Å². The number of hydrogen-bond acceptors (Lipinski definition) is 6.